The molecule has 0 saturated carbocycles. The molecule has 3 aromatic rings. The Morgan fingerprint density at radius 1 is 1.10 bits per heavy atom. The summed E-state index contributed by atoms with van der Waals surface area (Å²) in [5, 5.41) is 6.74. The second-order valence-corrected chi connectivity index (χ2v) is 7.12. The topological polar surface area (TPSA) is 97.6 Å². The van der Waals surface area contributed by atoms with Gasteiger partial charge >= 0.3 is 0 Å². The molecule has 4 N–H and O–H groups in total. The second kappa shape index (κ2) is 9.06. The molecule has 8 nitrogen and oxygen atoms in total. The summed E-state index contributed by atoms with van der Waals surface area (Å²) in [6.07, 6.45) is 1.53. The summed E-state index contributed by atoms with van der Waals surface area (Å²) in [5.74, 6) is 1.53. The summed E-state index contributed by atoms with van der Waals surface area (Å²) in [5.41, 5.74) is 9.15. The van der Waals surface area contributed by atoms with Crippen molar-refractivity contribution in [1.29, 1.82) is 0 Å². The van der Waals surface area contributed by atoms with E-state index in [1.54, 1.807) is 13.2 Å². The Balaban J connectivity index is 1.56. The van der Waals surface area contributed by atoms with Gasteiger partial charge in [0.15, 0.2) is 5.82 Å². The zero-order chi connectivity index (χ0) is 20.9. The summed E-state index contributed by atoms with van der Waals surface area (Å²) in [7, 11) is 1.64. The number of halogens is 1. The number of rotatable bonds is 6. The molecule has 9 heteroatoms. The van der Waals surface area contributed by atoms with Gasteiger partial charge in [0.2, 0.25) is 5.95 Å². The van der Waals surface area contributed by atoms with Crippen LogP contribution in [-0.2, 0) is 4.74 Å². The predicted octanol–water partition coefficient (Wildman–Crippen LogP) is 4.04. The molecule has 1 saturated heterocycles. The lowest BCUT2D eigenvalue weighted by Crippen LogP contribution is -2.36. The Bertz CT molecular complexity index is 1030. The summed E-state index contributed by atoms with van der Waals surface area (Å²) in [6.45, 7) is 3.16. The van der Waals surface area contributed by atoms with Gasteiger partial charge in [-0.3, -0.25) is 0 Å². The third-order valence-electron chi connectivity index (χ3n) is 4.77. The maximum absolute atomic E-state index is 6.27. The number of anilines is 6. The maximum Gasteiger partial charge on any atom is 0.229 e. The number of nitrogens with two attached hydrogens (primary N) is 1. The van der Waals surface area contributed by atoms with Crippen molar-refractivity contribution in [3.05, 3.63) is 53.7 Å². The number of aromatic nitrogens is 2. The van der Waals surface area contributed by atoms with E-state index in [2.05, 4.69) is 25.5 Å². The van der Waals surface area contributed by atoms with Crippen LogP contribution in [-0.4, -0.2) is 43.4 Å². The van der Waals surface area contributed by atoms with Crippen LogP contribution in [0.2, 0.25) is 5.02 Å². The fourth-order valence-corrected chi connectivity index (χ4v) is 3.31. The van der Waals surface area contributed by atoms with E-state index in [-0.39, 0.29) is 0 Å². The highest BCUT2D eigenvalue weighted by Gasteiger charge is 2.15. The quantitative estimate of drug-likeness (QED) is 0.508. The van der Waals surface area contributed by atoms with Crippen molar-refractivity contribution < 1.29 is 9.47 Å². The average Bonchev–Trinajstić information content (AvgIpc) is 2.78. The molecule has 0 atom stereocenters. The molecule has 0 unspecified atom stereocenters. The molecule has 0 amide bonds. The van der Waals surface area contributed by atoms with Crippen LogP contribution in [0, 0.1) is 0 Å². The highest BCUT2D eigenvalue weighted by Crippen LogP contribution is 2.33. The van der Waals surface area contributed by atoms with Crippen LogP contribution in [0.5, 0.6) is 5.75 Å². The van der Waals surface area contributed by atoms with Crippen molar-refractivity contribution in [3.8, 4) is 5.75 Å². The minimum atomic E-state index is 0.383. The molecule has 156 valence electrons. The zero-order valence-corrected chi connectivity index (χ0v) is 17.3. The number of nitrogen functional groups attached to an aromatic ring is 1. The van der Waals surface area contributed by atoms with E-state index in [4.69, 9.17) is 26.8 Å². The Morgan fingerprint density at radius 2 is 1.90 bits per heavy atom. The van der Waals surface area contributed by atoms with Gasteiger partial charge in [-0.2, -0.15) is 4.98 Å². The first kappa shape index (κ1) is 20.1. The van der Waals surface area contributed by atoms with E-state index in [0.29, 0.717) is 28.2 Å². The standard InChI is InChI=1S/C21H23ClN6O2/c1-29-19-12-14(28-8-10-30-11-9-28)6-7-18(19)26-21-24-13-15(22)20(27-21)25-17-5-3-2-4-16(17)23/h2-7,12-13H,8-11,23H2,1H3,(H2,24,25,26,27). The minimum Gasteiger partial charge on any atom is -0.494 e. The summed E-state index contributed by atoms with van der Waals surface area (Å²) >= 11 is 6.27. The summed E-state index contributed by atoms with van der Waals surface area (Å²) in [6, 6.07) is 13.4. The molecule has 1 aliphatic heterocycles. The number of benzene rings is 2. The van der Waals surface area contributed by atoms with Crippen LogP contribution >= 0.6 is 11.6 Å². The molecule has 0 spiro atoms. The number of nitrogens with zero attached hydrogens (tertiary/aromatic N) is 3. The van der Waals surface area contributed by atoms with Crippen LogP contribution < -0.4 is 26.0 Å². The first-order valence-corrected chi connectivity index (χ1v) is 9.93. The largest absolute Gasteiger partial charge is 0.494 e. The van der Waals surface area contributed by atoms with Gasteiger partial charge in [-0.15, -0.1) is 0 Å². The zero-order valence-electron chi connectivity index (χ0n) is 16.6. The molecule has 2 aromatic carbocycles. The fraction of sp³-hybridized carbons (Fsp3) is 0.238. The van der Waals surface area contributed by atoms with Gasteiger partial charge in [0, 0.05) is 24.8 Å². The van der Waals surface area contributed by atoms with Crippen molar-refractivity contribution >= 4 is 46.1 Å². The van der Waals surface area contributed by atoms with Crippen molar-refractivity contribution in [3.63, 3.8) is 0 Å². The lowest BCUT2D eigenvalue weighted by Gasteiger charge is -2.29. The highest BCUT2D eigenvalue weighted by atomic mass is 35.5. The molecular weight excluding hydrogens is 404 g/mol. The number of morpholine rings is 1. The molecule has 0 bridgehead atoms. The first-order valence-electron chi connectivity index (χ1n) is 9.56. The Hall–Kier alpha value is -3.23. The third kappa shape index (κ3) is 4.50. The van der Waals surface area contributed by atoms with Gasteiger partial charge in [0.05, 0.1) is 43.6 Å². The van der Waals surface area contributed by atoms with Crippen molar-refractivity contribution in [2.45, 2.75) is 0 Å². The molecule has 1 aliphatic rings. The first-order chi connectivity index (χ1) is 14.6. The lowest BCUT2D eigenvalue weighted by atomic mass is 10.2. The van der Waals surface area contributed by atoms with E-state index in [0.717, 1.165) is 43.4 Å². The number of hydrogen-bond acceptors (Lipinski definition) is 8. The van der Waals surface area contributed by atoms with Gasteiger partial charge < -0.3 is 30.7 Å². The lowest BCUT2D eigenvalue weighted by molar-refractivity contribution is 0.122. The van der Waals surface area contributed by atoms with Gasteiger partial charge in [0.25, 0.3) is 0 Å². The highest BCUT2D eigenvalue weighted by molar-refractivity contribution is 6.33. The molecule has 1 aromatic heterocycles. The minimum absolute atomic E-state index is 0.383. The van der Waals surface area contributed by atoms with Gasteiger partial charge in [-0.1, -0.05) is 23.7 Å². The van der Waals surface area contributed by atoms with E-state index in [1.807, 2.05) is 36.4 Å². The number of ether oxygens (including phenoxy) is 2. The van der Waals surface area contributed by atoms with Crippen molar-refractivity contribution in [2.75, 3.05) is 54.7 Å². The van der Waals surface area contributed by atoms with E-state index >= 15 is 0 Å². The van der Waals surface area contributed by atoms with Crippen LogP contribution in [0.1, 0.15) is 0 Å². The number of hydrogen-bond donors (Lipinski definition) is 3. The molecule has 2 heterocycles. The molecule has 0 radical (unpaired) electrons. The number of nitrogens with one attached hydrogen (secondary N) is 2. The summed E-state index contributed by atoms with van der Waals surface area (Å²) < 4.78 is 11.0. The van der Waals surface area contributed by atoms with Gasteiger partial charge in [-0.25, -0.2) is 4.98 Å². The monoisotopic (exact) mass is 426 g/mol. The van der Waals surface area contributed by atoms with E-state index in [1.165, 1.54) is 6.20 Å². The predicted molar refractivity (Wildman–Crippen MR) is 120 cm³/mol. The van der Waals surface area contributed by atoms with E-state index in [9.17, 15) is 0 Å². The third-order valence-corrected chi connectivity index (χ3v) is 5.04. The molecule has 1 fully saturated rings. The second-order valence-electron chi connectivity index (χ2n) is 6.71. The van der Waals surface area contributed by atoms with Crippen molar-refractivity contribution in [2.24, 2.45) is 0 Å². The van der Waals surface area contributed by atoms with Gasteiger partial charge in [0.1, 0.15) is 10.8 Å². The number of para-hydroxylation sites is 2. The van der Waals surface area contributed by atoms with Crippen LogP contribution in [0.25, 0.3) is 0 Å². The summed E-state index contributed by atoms with van der Waals surface area (Å²) in [4.78, 5) is 11.0. The van der Waals surface area contributed by atoms with Crippen LogP contribution in [0.15, 0.2) is 48.7 Å². The molecule has 30 heavy (non-hydrogen) atoms. The molecule has 4 rings (SSSR count). The van der Waals surface area contributed by atoms with Gasteiger partial charge in [-0.05, 0) is 24.3 Å². The average molecular weight is 427 g/mol. The number of methoxy groups -OCH3 is 1. The van der Waals surface area contributed by atoms with Crippen LogP contribution in [0.4, 0.5) is 34.5 Å². The molecular formula is C21H23ClN6O2. The SMILES string of the molecule is COc1cc(N2CCOCC2)ccc1Nc1ncc(Cl)c(Nc2ccccc2N)n1. The van der Waals surface area contributed by atoms with Crippen molar-refractivity contribution in [1.82, 2.24) is 9.97 Å². The van der Waals surface area contributed by atoms with E-state index < -0.39 is 0 Å². The fourth-order valence-electron chi connectivity index (χ4n) is 3.18. The Morgan fingerprint density at radius 3 is 2.67 bits per heavy atom. The van der Waals surface area contributed by atoms with Crippen LogP contribution in [0.3, 0.4) is 0 Å². The molecule has 0 aliphatic carbocycles. The normalized spacial score (nSPS) is 13.7. The maximum atomic E-state index is 6.27. The Labute approximate surface area is 180 Å². The Kier molecular flexibility index (Phi) is 6.06. The smallest absolute Gasteiger partial charge is 0.229 e.